The summed E-state index contributed by atoms with van der Waals surface area (Å²) in [4.78, 5) is 0. The summed E-state index contributed by atoms with van der Waals surface area (Å²) in [6.07, 6.45) is -1.04. The molecule has 1 rings (SSSR count). The summed E-state index contributed by atoms with van der Waals surface area (Å²) in [6, 6.07) is 7.21. The molecule has 90 valence electrons. The molecule has 0 aromatic heterocycles. The number of hydrogen-bond donors (Lipinski definition) is 1. The molecule has 1 N–H and O–H groups in total. The second-order valence-electron chi connectivity index (χ2n) is 3.60. The van der Waals surface area contributed by atoms with Gasteiger partial charge in [0.25, 0.3) is 0 Å². The fourth-order valence-corrected chi connectivity index (χ4v) is 3.35. The minimum Gasteiger partial charge on any atom is -0.386 e. The predicted molar refractivity (Wildman–Crippen MR) is 68.3 cm³/mol. The summed E-state index contributed by atoms with van der Waals surface area (Å²) in [5, 5.41) is 10.0. The highest BCUT2D eigenvalue weighted by Gasteiger charge is 2.30. The molecule has 0 radical (unpaired) electrons. The van der Waals surface area contributed by atoms with Crippen LogP contribution in [-0.4, -0.2) is 23.4 Å². The Hall–Kier alpha value is -0.390. The first-order valence-corrected chi connectivity index (χ1v) is 7.62. The monoisotopic (exact) mass is 306 g/mol. The summed E-state index contributed by atoms with van der Waals surface area (Å²) < 4.78 is 22.3. The molecule has 2 atom stereocenters. The van der Waals surface area contributed by atoms with Crippen molar-refractivity contribution in [3.8, 4) is 0 Å². The predicted octanol–water partition coefficient (Wildman–Crippen LogP) is 2.18. The van der Waals surface area contributed by atoms with Crippen molar-refractivity contribution < 1.29 is 13.5 Å². The van der Waals surface area contributed by atoms with Crippen LogP contribution in [0.4, 0.5) is 0 Å². The van der Waals surface area contributed by atoms with Crippen LogP contribution in [0.1, 0.15) is 24.2 Å². The summed E-state index contributed by atoms with van der Waals surface area (Å²) in [5.74, 6) is 0.00581. The average Bonchev–Trinajstić information content (AvgIpc) is 2.27. The minimum atomic E-state index is -3.30. The third-order valence-corrected chi connectivity index (χ3v) is 6.46. The highest BCUT2D eigenvalue weighted by molar-refractivity contribution is 9.11. The molecule has 0 unspecified atom stereocenters. The van der Waals surface area contributed by atoms with Crippen LogP contribution in [0.2, 0.25) is 0 Å². The maximum absolute atomic E-state index is 11.6. The number of aliphatic hydroxyl groups excluding tert-OH is 1. The number of hydrogen-bond acceptors (Lipinski definition) is 3. The van der Waals surface area contributed by atoms with Gasteiger partial charge in [0.2, 0.25) is 0 Å². The number of sulfone groups is 1. The summed E-state index contributed by atoms with van der Waals surface area (Å²) in [6.45, 7) is 3.41. The van der Waals surface area contributed by atoms with E-state index in [0.717, 1.165) is 5.56 Å². The van der Waals surface area contributed by atoms with Crippen molar-refractivity contribution in [2.45, 2.75) is 24.1 Å². The van der Waals surface area contributed by atoms with Crippen LogP contribution in [-0.2, 0) is 9.84 Å². The van der Waals surface area contributed by atoms with E-state index in [2.05, 4.69) is 15.9 Å². The van der Waals surface area contributed by atoms with Gasteiger partial charge in [0, 0.05) is 5.75 Å². The van der Waals surface area contributed by atoms with Gasteiger partial charge in [-0.25, -0.2) is 8.42 Å². The van der Waals surface area contributed by atoms with Gasteiger partial charge < -0.3 is 5.11 Å². The summed E-state index contributed by atoms with van der Waals surface area (Å²) >= 11 is 3.06. The van der Waals surface area contributed by atoms with E-state index in [9.17, 15) is 13.5 Å². The van der Waals surface area contributed by atoms with Crippen LogP contribution < -0.4 is 0 Å². The van der Waals surface area contributed by atoms with Gasteiger partial charge in [-0.15, -0.1) is 0 Å². The largest absolute Gasteiger partial charge is 0.386 e. The first kappa shape index (κ1) is 13.7. The highest BCUT2D eigenvalue weighted by Crippen LogP contribution is 2.28. The Bertz CT molecular complexity index is 456. The zero-order valence-corrected chi connectivity index (χ0v) is 11.6. The highest BCUT2D eigenvalue weighted by atomic mass is 79.9. The quantitative estimate of drug-likeness (QED) is 0.868. The third-order valence-electron chi connectivity index (χ3n) is 2.50. The topological polar surface area (TPSA) is 54.4 Å². The zero-order chi connectivity index (χ0) is 12.3. The Labute approximate surface area is 105 Å². The van der Waals surface area contributed by atoms with Crippen LogP contribution in [0.15, 0.2) is 24.3 Å². The fourth-order valence-electron chi connectivity index (χ4n) is 1.42. The Morgan fingerprint density at radius 3 is 2.44 bits per heavy atom. The van der Waals surface area contributed by atoms with Gasteiger partial charge in [-0.05, 0) is 18.1 Å². The maximum atomic E-state index is 11.6. The van der Waals surface area contributed by atoms with Gasteiger partial charge >= 0.3 is 0 Å². The number of benzene rings is 1. The molecule has 0 fully saturated rings. The van der Waals surface area contributed by atoms with Crippen LogP contribution in [0.3, 0.4) is 0 Å². The molecule has 0 aliphatic carbocycles. The third kappa shape index (κ3) is 2.84. The molecular formula is C11H15BrO3S. The van der Waals surface area contributed by atoms with E-state index in [0.29, 0.717) is 5.56 Å². The zero-order valence-electron chi connectivity index (χ0n) is 9.22. The number of aryl methyl sites for hydroxylation is 1. The SMILES string of the molecule is CCS(=O)(=O)[C@@H](Br)[C@@H](O)c1ccccc1C. The average molecular weight is 307 g/mol. The summed E-state index contributed by atoms with van der Waals surface area (Å²) in [7, 11) is -3.30. The van der Waals surface area contributed by atoms with Crippen molar-refractivity contribution in [2.75, 3.05) is 5.75 Å². The van der Waals surface area contributed by atoms with Crippen LogP contribution in [0, 0.1) is 6.92 Å². The normalized spacial score (nSPS) is 15.8. The van der Waals surface area contributed by atoms with Crippen molar-refractivity contribution in [2.24, 2.45) is 0 Å². The molecule has 0 saturated heterocycles. The molecule has 0 spiro atoms. The molecule has 0 saturated carbocycles. The molecule has 0 heterocycles. The van der Waals surface area contributed by atoms with Crippen LogP contribution >= 0.6 is 15.9 Å². The Morgan fingerprint density at radius 1 is 1.38 bits per heavy atom. The fraction of sp³-hybridized carbons (Fsp3) is 0.455. The molecule has 3 nitrogen and oxygen atoms in total. The molecule has 0 amide bonds. The van der Waals surface area contributed by atoms with Gasteiger partial charge in [-0.2, -0.15) is 0 Å². The minimum absolute atomic E-state index is 0.00581. The van der Waals surface area contributed by atoms with E-state index < -0.39 is 20.1 Å². The smallest absolute Gasteiger partial charge is 0.165 e. The van der Waals surface area contributed by atoms with Gasteiger partial charge in [0.15, 0.2) is 9.84 Å². The second-order valence-corrected chi connectivity index (χ2v) is 7.61. The Balaban J connectivity index is 3.04. The van der Waals surface area contributed by atoms with Crippen molar-refractivity contribution in [3.05, 3.63) is 35.4 Å². The molecule has 1 aromatic rings. The van der Waals surface area contributed by atoms with Gasteiger partial charge in [-0.3, -0.25) is 0 Å². The van der Waals surface area contributed by atoms with E-state index >= 15 is 0 Å². The molecule has 1 aromatic carbocycles. The number of aliphatic hydroxyl groups is 1. The van der Waals surface area contributed by atoms with E-state index in [1.54, 1.807) is 19.1 Å². The lowest BCUT2D eigenvalue weighted by Crippen LogP contribution is -2.24. The van der Waals surface area contributed by atoms with Crippen molar-refractivity contribution >= 4 is 25.8 Å². The Morgan fingerprint density at radius 2 is 1.94 bits per heavy atom. The molecule has 0 bridgehead atoms. The number of halogens is 1. The molecule has 5 heteroatoms. The number of alkyl halides is 1. The lowest BCUT2D eigenvalue weighted by Gasteiger charge is -2.19. The van der Waals surface area contributed by atoms with E-state index in [-0.39, 0.29) is 5.75 Å². The second kappa shape index (κ2) is 5.29. The van der Waals surface area contributed by atoms with E-state index in [4.69, 9.17) is 0 Å². The van der Waals surface area contributed by atoms with Crippen molar-refractivity contribution in [1.29, 1.82) is 0 Å². The Kier molecular flexibility index (Phi) is 4.52. The lowest BCUT2D eigenvalue weighted by atomic mass is 10.1. The molecule has 16 heavy (non-hydrogen) atoms. The molecular weight excluding hydrogens is 292 g/mol. The maximum Gasteiger partial charge on any atom is 0.165 e. The van der Waals surface area contributed by atoms with Crippen LogP contribution in [0.25, 0.3) is 0 Å². The van der Waals surface area contributed by atoms with Crippen molar-refractivity contribution in [1.82, 2.24) is 0 Å². The van der Waals surface area contributed by atoms with Gasteiger partial charge in [-0.1, -0.05) is 47.1 Å². The van der Waals surface area contributed by atoms with Crippen LogP contribution in [0.5, 0.6) is 0 Å². The first-order chi connectivity index (χ1) is 7.40. The number of rotatable bonds is 4. The van der Waals surface area contributed by atoms with Crippen molar-refractivity contribution in [3.63, 3.8) is 0 Å². The molecule has 0 aliphatic rings. The van der Waals surface area contributed by atoms with Gasteiger partial charge in [0.1, 0.15) is 10.3 Å². The van der Waals surface area contributed by atoms with E-state index in [1.807, 2.05) is 19.1 Å². The summed E-state index contributed by atoms with van der Waals surface area (Å²) in [5.41, 5.74) is 1.52. The standard InChI is InChI=1S/C11H15BrO3S/c1-3-16(14,15)11(12)10(13)9-7-5-4-6-8(9)2/h4-7,10-11,13H,3H2,1-2H3/t10-,11+/m0/s1. The van der Waals surface area contributed by atoms with Gasteiger partial charge in [0.05, 0.1) is 0 Å². The molecule has 0 aliphatic heterocycles. The lowest BCUT2D eigenvalue weighted by molar-refractivity contribution is 0.194. The van der Waals surface area contributed by atoms with E-state index in [1.165, 1.54) is 0 Å². The first-order valence-electron chi connectivity index (χ1n) is 4.99.